The van der Waals surface area contributed by atoms with Gasteiger partial charge in [0.05, 0.1) is 16.4 Å². The molecule has 7 nitrogen and oxygen atoms in total. The predicted octanol–water partition coefficient (Wildman–Crippen LogP) is 2.73. The van der Waals surface area contributed by atoms with Crippen LogP contribution in [0.25, 0.3) is 0 Å². The van der Waals surface area contributed by atoms with Gasteiger partial charge in [-0.05, 0) is 47.7 Å². The van der Waals surface area contributed by atoms with Crippen LogP contribution in [0.5, 0.6) is 0 Å². The highest BCUT2D eigenvalue weighted by atomic mass is 79.9. The number of nitrogens with zero attached hydrogens (tertiary/aromatic N) is 1. The van der Waals surface area contributed by atoms with Crippen LogP contribution in [0.3, 0.4) is 0 Å². The number of carbonyl (C=O) groups is 2. The minimum absolute atomic E-state index is 0.0646. The van der Waals surface area contributed by atoms with Crippen LogP contribution in [-0.4, -0.2) is 27.9 Å². The van der Waals surface area contributed by atoms with Crippen LogP contribution in [0.4, 0.5) is 5.69 Å². The highest BCUT2D eigenvalue weighted by molar-refractivity contribution is 9.10. The Morgan fingerprint density at radius 3 is 2.41 bits per heavy atom. The molecule has 118 valence electrons. The van der Waals surface area contributed by atoms with Gasteiger partial charge < -0.3 is 10.4 Å². The number of rotatable bonds is 4. The normalized spacial score (nSPS) is 21.1. The lowest BCUT2D eigenvalue weighted by molar-refractivity contribution is -0.384. The Balaban J connectivity index is 1.98. The fourth-order valence-corrected chi connectivity index (χ4v) is 3.10. The molecule has 1 aromatic carbocycles. The number of non-ortho nitro benzene ring substituents is 1. The van der Waals surface area contributed by atoms with Gasteiger partial charge in [0, 0.05) is 22.6 Å². The van der Waals surface area contributed by atoms with Crippen LogP contribution in [-0.2, 0) is 4.79 Å². The van der Waals surface area contributed by atoms with E-state index < -0.39 is 10.9 Å². The summed E-state index contributed by atoms with van der Waals surface area (Å²) in [6.45, 7) is 0. The molecule has 0 saturated heterocycles. The van der Waals surface area contributed by atoms with Crippen LogP contribution in [0.1, 0.15) is 36.0 Å². The SMILES string of the molecule is O=C(NC1CCC(C(=O)O)CC1)c1ccc([N+](=O)[O-])cc1Br. The van der Waals surface area contributed by atoms with E-state index in [1.165, 1.54) is 18.2 Å². The first kappa shape index (κ1) is 16.4. The summed E-state index contributed by atoms with van der Waals surface area (Å²) in [6, 6.07) is 3.91. The van der Waals surface area contributed by atoms with Crippen molar-refractivity contribution < 1.29 is 19.6 Å². The predicted molar refractivity (Wildman–Crippen MR) is 81.6 cm³/mol. The van der Waals surface area contributed by atoms with Crippen LogP contribution >= 0.6 is 15.9 Å². The van der Waals surface area contributed by atoms with Crippen LogP contribution in [0.2, 0.25) is 0 Å². The van der Waals surface area contributed by atoms with E-state index in [0.717, 1.165) is 0 Å². The second kappa shape index (κ2) is 6.87. The third kappa shape index (κ3) is 3.82. The van der Waals surface area contributed by atoms with Gasteiger partial charge in [-0.3, -0.25) is 19.7 Å². The Hall–Kier alpha value is -1.96. The molecule has 2 N–H and O–H groups in total. The molecule has 1 aromatic rings. The lowest BCUT2D eigenvalue weighted by Gasteiger charge is -2.26. The van der Waals surface area contributed by atoms with Gasteiger partial charge in [0.25, 0.3) is 11.6 Å². The van der Waals surface area contributed by atoms with Crippen molar-refractivity contribution in [2.75, 3.05) is 0 Å². The second-order valence-corrected chi connectivity index (χ2v) is 6.14. The molecule has 0 radical (unpaired) electrons. The Kier molecular flexibility index (Phi) is 5.12. The summed E-state index contributed by atoms with van der Waals surface area (Å²) in [5, 5.41) is 22.5. The fourth-order valence-electron chi connectivity index (χ4n) is 2.55. The smallest absolute Gasteiger partial charge is 0.306 e. The molecule has 0 spiro atoms. The molecule has 0 unspecified atom stereocenters. The number of amides is 1. The fraction of sp³-hybridized carbons (Fsp3) is 0.429. The molecule has 0 aromatic heterocycles. The molecule has 2 rings (SSSR count). The number of carboxylic acid groups (broad SMARTS) is 1. The number of carbonyl (C=O) groups excluding carboxylic acids is 1. The number of hydrogen-bond acceptors (Lipinski definition) is 4. The first-order chi connectivity index (χ1) is 10.4. The van der Waals surface area contributed by atoms with E-state index in [-0.39, 0.29) is 23.6 Å². The van der Waals surface area contributed by atoms with Gasteiger partial charge in [-0.1, -0.05) is 0 Å². The van der Waals surface area contributed by atoms with E-state index in [0.29, 0.717) is 35.7 Å². The Morgan fingerprint density at radius 1 is 1.27 bits per heavy atom. The average molecular weight is 371 g/mol. The third-order valence-electron chi connectivity index (χ3n) is 3.82. The van der Waals surface area contributed by atoms with Crippen molar-refractivity contribution >= 4 is 33.5 Å². The maximum Gasteiger partial charge on any atom is 0.306 e. The molecule has 1 fully saturated rings. The van der Waals surface area contributed by atoms with E-state index in [1.54, 1.807) is 0 Å². The molecule has 0 bridgehead atoms. The minimum Gasteiger partial charge on any atom is -0.481 e. The summed E-state index contributed by atoms with van der Waals surface area (Å²) in [5.74, 6) is -1.44. The van der Waals surface area contributed by atoms with Crippen molar-refractivity contribution in [1.82, 2.24) is 5.32 Å². The van der Waals surface area contributed by atoms with Crippen molar-refractivity contribution in [1.29, 1.82) is 0 Å². The molecule has 0 heterocycles. The first-order valence-corrected chi connectivity index (χ1v) is 7.65. The Bertz CT molecular complexity index is 611. The van der Waals surface area contributed by atoms with E-state index in [9.17, 15) is 19.7 Å². The summed E-state index contributed by atoms with van der Waals surface area (Å²) in [5.41, 5.74) is 0.233. The maximum atomic E-state index is 12.2. The van der Waals surface area contributed by atoms with Gasteiger partial charge in [-0.15, -0.1) is 0 Å². The van der Waals surface area contributed by atoms with Gasteiger partial charge in [-0.2, -0.15) is 0 Å². The molecule has 0 atom stereocenters. The standard InChI is InChI=1S/C14H15BrN2O5/c15-12-7-10(17(21)22)5-6-11(12)13(18)16-9-3-1-8(2-4-9)14(19)20/h5-9H,1-4H2,(H,16,18)(H,19,20). The Labute approximate surface area is 135 Å². The van der Waals surface area contributed by atoms with E-state index in [1.807, 2.05) is 0 Å². The number of nitro groups is 1. The van der Waals surface area contributed by atoms with Crippen molar-refractivity contribution in [2.24, 2.45) is 5.92 Å². The molecule has 0 aliphatic heterocycles. The number of benzene rings is 1. The zero-order valence-electron chi connectivity index (χ0n) is 11.6. The van der Waals surface area contributed by atoms with Gasteiger partial charge in [0.15, 0.2) is 0 Å². The van der Waals surface area contributed by atoms with Gasteiger partial charge in [-0.25, -0.2) is 0 Å². The number of halogens is 1. The van der Waals surface area contributed by atoms with Crippen molar-refractivity contribution in [3.05, 3.63) is 38.3 Å². The van der Waals surface area contributed by atoms with E-state index >= 15 is 0 Å². The molecule has 1 amide bonds. The third-order valence-corrected chi connectivity index (χ3v) is 4.48. The second-order valence-electron chi connectivity index (χ2n) is 5.28. The van der Waals surface area contributed by atoms with Crippen LogP contribution < -0.4 is 5.32 Å². The summed E-state index contributed by atoms with van der Waals surface area (Å²) in [6.07, 6.45) is 2.32. The molecule has 8 heteroatoms. The zero-order chi connectivity index (χ0) is 16.3. The van der Waals surface area contributed by atoms with Crippen molar-refractivity contribution in [3.63, 3.8) is 0 Å². The molecule has 1 aliphatic rings. The molecule has 1 aliphatic carbocycles. The average Bonchev–Trinajstić information content (AvgIpc) is 2.47. The summed E-state index contributed by atoms with van der Waals surface area (Å²) >= 11 is 3.17. The Morgan fingerprint density at radius 2 is 1.91 bits per heavy atom. The van der Waals surface area contributed by atoms with Crippen LogP contribution in [0, 0.1) is 16.0 Å². The van der Waals surface area contributed by atoms with E-state index in [4.69, 9.17) is 5.11 Å². The minimum atomic E-state index is -0.789. The zero-order valence-corrected chi connectivity index (χ0v) is 13.2. The quantitative estimate of drug-likeness (QED) is 0.625. The van der Waals surface area contributed by atoms with Crippen molar-refractivity contribution in [2.45, 2.75) is 31.7 Å². The number of carboxylic acids is 1. The lowest BCUT2D eigenvalue weighted by atomic mass is 9.86. The largest absolute Gasteiger partial charge is 0.481 e. The highest BCUT2D eigenvalue weighted by Crippen LogP contribution is 2.26. The number of nitro benzene ring substituents is 1. The summed E-state index contributed by atoms with van der Waals surface area (Å²) in [7, 11) is 0. The molecule has 22 heavy (non-hydrogen) atoms. The maximum absolute atomic E-state index is 12.2. The van der Waals surface area contributed by atoms with Gasteiger partial charge in [0.2, 0.25) is 0 Å². The number of nitrogens with one attached hydrogen (secondary N) is 1. The van der Waals surface area contributed by atoms with E-state index in [2.05, 4.69) is 21.2 Å². The molecular weight excluding hydrogens is 356 g/mol. The summed E-state index contributed by atoms with van der Waals surface area (Å²) in [4.78, 5) is 33.2. The van der Waals surface area contributed by atoms with Crippen LogP contribution in [0.15, 0.2) is 22.7 Å². The number of hydrogen-bond donors (Lipinski definition) is 2. The molecular formula is C14H15BrN2O5. The monoisotopic (exact) mass is 370 g/mol. The first-order valence-electron chi connectivity index (χ1n) is 6.86. The number of aliphatic carboxylic acids is 1. The lowest BCUT2D eigenvalue weighted by Crippen LogP contribution is -2.38. The topological polar surface area (TPSA) is 110 Å². The molecule has 1 saturated carbocycles. The van der Waals surface area contributed by atoms with Crippen molar-refractivity contribution in [3.8, 4) is 0 Å². The summed E-state index contributed by atoms with van der Waals surface area (Å²) < 4.78 is 0.360. The highest BCUT2D eigenvalue weighted by Gasteiger charge is 2.27. The van der Waals surface area contributed by atoms with Gasteiger partial charge >= 0.3 is 5.97 Å². The van der Waals surface area contributed by atoms with Gasteiger partial charge in [0.1, 0.15) is 0 Å².